The number of carbonyl (C=O) groups excluding carboxylic acids is 1. The first-order valence-electron chi connectivity index (χ1n) is 8.59. The Balaban J connectivity index is 1.68. The highest BCUT2D eigenvalue weighted by atomic mass is 35.5. The fraction of sp³-hybridized carbons (Fsp3) is 0.316. The maximum absolute atomic E-state index is 14.1. The van der Waals surface area contributed by atoms with Gasteiger partial charge in [-0.15, -0.1) is 0 Å². The minimum absolute atomic E-state index is 0.0354. The summed E-state index contributed by atoms with van der Waals surface area (Å²) < 4.78 is 38.7. The van der Waals surface area contributed by atoms with Gasteiger partial charge in [0.05, 0.1) is 24.1 Å². The monoisotopic (exact) mass is 408 g/mol. The van der Waals surface area contributed by atoms with Gasteiger partial charge in [0.2, 0.25) is 5.91 Å². The molecular formula is C19H18ClFN2O3S. The molecule has 2 unspecified atom stereocenters. The van der Waals surface area contributed by atoms with Gasteiger partial charge in [-0.2, -0.15) is 0 Å². The minimum atomic E-state index is -3.29. The standard InChI is InChI=1S/C19H18ClFN2O3S/c20-14-5-7-15(8-6-14)23-18-12-27(25,26)11-17(18)22(10-19(23)24)9-13-3-1-2-4-16(13)21/h1-8,17-18H,9-12H2. The highest BCUT2D eigenvalue weighted by Crippen LogP contribution is 2.33. The molecule has 0 saturated carbocycles. The number of halogens is 2. The average molecular weight is 409 g/mol. The second kappa shape index (κ2) is 6.89. The smallest absolute Gasteiger partial charge is 0.241 e. The van der Waals surface area contributed by atoms with Gasteiger partial charge in [0.25, 0.3) is 0 Å². The first kappa shape index (κ1) is 18.4. The summed E-state index contributed by atoms with van der Waals surface area (Å²) in [7, 11) is -3.29. The van der Waals surface area contributed by atoms with Crippen LogP contribution in [0, 0.1) is 5.82 Å². The summed E-state index contributed by atoms with van der Waals surface area (Å²) in [4.78, 5) is 16.2. The van der Waals surface area contributed by atoms with Gasteiger partial charge in [0.1, 0.15) is 5.82 Å². The summed E-state index contributed by atoms with van der Waals surface area (Å²) in [6.07, 6.45) is 0. The molecule has 2 aliphatic heterocycles. The van der Waals surface area contributed by atoms with Crippen LogP contribution >= 0.6 is 11.6 Å². The molecule has 0 aromatic heterocycles. The first-order valence-corrected chi connectivity index (χ1v) is 10.8. The Morgan fingerprint density at radius 2 is 1.70 bits per heavy atom. The Kier molecular flexibility index (Phi) is 4.70. The van der Waals surface area contributed by atoms with Crippen molar-refractivity contribution in [3.63, 3.8) is 0 Å². The summed E-state index contributed by atoms with van der Waals surface area (Å²) in [6.45, 7) is 0.233. The molecule has 4 rings (SSSR count). The summed E-state index contributed by atoms with van der Waals surface area (Å²) in [5.41, 5.74) is 1.08. The van der Waals surface area contributed by atoms with E-state index in [0.717, 1.165) is 0 Å². The number of fused-ring (bicyclic) bond motifs is 1. The summed E-state index contributed by atoms with van der Waals surface area (Å²) in [5, 5.41) is 0.542. The number of carbonyl (C=O) groups is 1. The molecule has 8 heteroatoms. The van der Waals surface area contributed by atoms with E-state index in [1.807, 2.05) is 0 Å². The van der Waals surface area contributed by atoms with Crippen molar-refractivity contribution in [3.05, 3.63) is 64.9 Å². The maximum Gasteiger partial charge on any atom is 0.241 e. The molecule has 142 valence electrons. The molecule has 27 heavy (non-hydrogen) atoms. The summed E-state index contributed by atoms with van der Waals surface area (Å²) in [6, 6.07) is 12.3. The molecule has 2 atom stereocenters. The van der Waals surface area contributed by atoms with Crippen LogP contribution < -0.4 is 4.90 Å². The lowest BCUT2D eigenvalue weighted by atomic mass is 10.0. The number of rotatable bonds is 3. The topological polar surface area (TPSA) is 57.7 Å². The molecule has 0 spiro atoms. The molecule has 2 aromatic rings. The number of benzene rings is 2. The Bertz CT molecular complexity index is 981. The zero-order valence-corrected chi connectivity index (χ0v) is 16.0. The van der Waals surface area contributed by atoms with Gasteiger partial charge >= 0.3 is 0 Å². The fourth-order valence-corrected chi connectivity index (χ4v) is 6.02. The van der Waals surface area contributed by atoms with E-state index in [1.165, 1.54) is 6.07 Å². The van der Waals surface area contributed by atoms with Crippen molar-refractivity contribution >= 4 is 33.0 Å². The largest absolute Gasteiger partial charge is 0.306 e. The third kappa shape index (κ3) is 3.59. The predicted octanol–water partition coefficient (Wildman–Crippen LogP) is 2.49. The minimum Gasteiger partial charge on any atom is -0.306 e. The highest BCUT2D eigenvalue weighted by molar-refractivity contribution is 7.91. The average Bonchev–Trinajstić information content (AvgIpc) is 2.93. The summed E-state index contributed by atoms with van der Waals surface area (Å²) in [5.74, 6) is -0.696. The van der Waals surface area contributed by atoms with Gasteiger partial charge < -0.3 is 4.90 Å². The molecule has 1 amide bonds. The third-order valence-corrected chi connectivity index (χ3v) is 7.09. The summed E-state index contributed by atoms with van der Waals surface area (Å²) >= 11 is 5.93. The molecule has 2 aromatic carbocycles. The molecular weight excluding hydrogens is 391 g/mol. The van der Waals surface area contributed by atoms with Crippen molar-refractivity contribution < 1.29 is 17.6 Å². The Labute approximate surface area is 162 Å². The van der Waals surface area contributed by atoms with Crippen molar-refractivity contribution in [2.75, 3.05) is 23.0 Å². The van der Waals surface area contributed by atoms with Crippen LogP contribution in [0.2, 0.25) is 5.02 Å². The van der Waals surface area contributed by atoms with Crippen LogP contribution in [0.4, 0.5) is 10.1 Å². The van der Waals surface area contributed by atoms with E-state index in [9.17, 15) is 17.6 Å². The van der Waals surface area contributed by atoms with Crippen molar-refractivity contribution in [2.45, 2.75) is 18.6 Å². The van der Waals surface area contributed by atoms with Crippen LogP contribution in [0.5, 0.6) is 0 Å². The van der Waals surface area contributed by atoms with Gasteiger partial charge in [-0.05, 0) is 30.3 Å². The molecule has 0 aliphatic carbocycles. The lowest BCUT2D eigenvalue weighted by molar-refractivity contribution is -0.123. The molecule has 2 heterocycles. The third-order valence-electron chi connectivity index (χ3n) is 5.14. The van der Waals surface area contributed by atoms with Gasteiger partial charge in [-0.3, -0.25) is 9.69 Å². The Morgan fingerprint density at radius 1 is 1.04 bits per heavy atom. The molecule has 2 aliphatic rings. The van der Waals surface area contributed by atoms with Gasteiger partial charge in [-0.1, -0.05) is 29.8 Å². The van der Waals surface area contributed by atoms with E-state index >= 15 is 0 Å². The number of hydrogen-bond donors (Lipinski definition) is 0. The number of anilines is 1. The number of nitrogens with zero attached hydrogens (tertiary/aromatic N) is 2. The fourth-order valence-electron chi connectivity index (χ4n) is 3.91. The predicted molar refractivity (Wildman–Crippen MR) is 102 cm³/mol. The lowest BCUT2D eigenvalue weighted by Gasteiger charge is -2.43. The number of hydrogen-bond acceptors (Lipinski definition) is 4. The van der Waals surface area contributed by atoms with Crippen LogP contribution in [0.3, 0.4) is 0 Å². The Hall–Kier alpha value is -1.96. The van der Waals surface area contributed by atoms with Crippen LogP contribution in [0.15, 0.2) is 48.5 Å². The number of amides is 1. The van der Waals surface area contributed by atoms with Crippen molar-refractivity contribution in [3.8, 4) is 0 Å². The zero-order chi connectivity index (χ0) is 19.2. The van der Waals surface area contributed by atoms with Crippen LogP contribution in [0.1, 0.15) is 5.56 Å². The normalized spacial score (nSPS) is 24.8. The van der Waals surface area contributed by atoms with E-state index in [2.05, 4.69) is 0 Å². The molecule has 2 saturated heterocycles. The second-order valence-electron chi connectivity index (χ2n) is 6.95. The van der Waals surface area contributed by atoms with Crippen molar-refractivity contribution in [2.24, 2.45) is 0 Å². The van der Waals surface area contributed by atoms with Gasteiger partial charge in [0.15, 0.2) is 9.84 Å². The van der Waals surface area contributed by atoms with Crippen molar-refractivity contribution in [1.82, 2.24) is 4.90 Å². The zero-order valence-electron chi connectivity index (χ0n) is 14.4. The highest BCUT2D eigenvalue weighted by Gasteiger charge is 2.49. The van der Waals surface area contributed by atoms with E-state index < -0.39 is 15.9 Å². The molecule has 2 fully saturated rings. The molecule has 5 nitrogen and oxygen atoms in total. The Morgan fingerprint density at radius 3 is 2.41 bits per heavy atom. The quantitative estimate of drug-likeness (QED) is 0.783. The molecule has 0 N–H and O–H groups in total. The van der Waals surface area contributed by atoms with Crippen LogP contribution in [-0.4, -0.2) is 49.4 Å². The SMILES string of the molecule is O=C1CN(Cc2ccccc2F)C2CS(=O)(=O)CC2N1c1ccc(Cl)cc1. The van der Waals surface area contributed by atoms with Gasteiger partial charge in [-0.25, -0.2) is 12.8 Å². The first-order chi connectivity index (χ1) is 12.8. The van der Waals surface area contributed by atoms with Crippen LogP contribution in [0.25, 0.3) is 0 Å². The second-order valence-corrected chi connectivity index (χ2v) is 9.54. The van der Waals surface area contributed by atoms with E-state index in [1.54, 1.807) is 52.3 Å². The van der Waals surface area contributed by atoms with E-state index in [0.29, 0.717) is 16.3 Å². The van der Waals surface area contributed by atoms with E-state index in [-0.39, 0.29) is 42.4 Å². The van der Waals surface area contributed by atoms with Crippen molar-refractivity contribution in [1.29, 1.82) is 0 Å². The van der Waals surface area contributed by atoms with Gasteiger partial charge in [0, 0.05) is 28.9 Å². The molecule has 0 radical (unpaired) electrons. The van der Waals surface area contributed by atoms with E-state index in [4.69, 9.17) is 11.6 Å². The lowest BCUT2D eigenvalue weighted by Crippen LogP contribution is -2.61. The molecule has 0 bridgehead atoms. The number of piperazine rings is 1. The van der Waals surface area contributed by atoms with Crippen LogP contribution in [-0.2, 0) is 21.2 Å². The number of sulfone groups is 1. The maximum atomic E-state index is 14.1.